The van der Waals surface area contributed by atoms with Crippen molar-refractivity contribution in [3.05, 3.63) is 28.7 Å². The molecule has 0 bridgehead atoms. The molecule has 1 aromatic heterocycles. The van der Waals surface area contributed by atoms with Crippen molar-refractivity contribution in [2.45, 2.75) is 24.6 Å². The zero-order valence-electron chi connectivity index (χ0n) is 9.93. The number of thioether (sulfide) groups is 1. The Morgan fingerprint density at radius 3 is 2.89 bits per heavy atom. The molecule has 0 amide bonds. The molecule has 96 valence electrons. The van der Waals surface area contributed by atoms with Gasteiger partial charge < -0.3 is 15.4 Å². The lowest BCUT2D eigenvalue weighted by Gasteiger charge is -2.20. The van der Waals surface area contributed by atoms with Crippen LogP contribution < -0.4 is 10.9 Å². The monoisotopic (exact) mass is 267 g/mol. The summed E-state index contributed by atoms with van der Waals surface area (Å²) in [6.07, 6.45) is 1.53. The van der Waals surface area contributed by atoms with Crippen LogP contribution in [0.3, 0.4) is 0 Å². The van der Waals surface area contributed by atoms with Crippen LogP contribution in [0.5, 0.6) is 0 Å². The molecule has 0 saturated heterocycles. The number of aromatic nitrogens is 1. The molecule has 2 rings (SSSR count). The number of H-pyrrole nitrogens is 1. The van der Waals surface area contributed by atoms with E-state index >= 15 is 0 Å². The first-order valence-corrected chi connectivity index (χ1v) is 6.16. The van der Waals surface area contributed by atoms with Crippen molar-refractivity contribution in [2.75, 3.05) is 5.32 Å². The Hall–Kier alpha value is -1.76. The molecule has 2 heterocycles. The molecule has 0 radical (unpaired) electrons. The van der Waals surface area contributed by atoms with Crippen LogP contribution in [0.1, 0.15) is 13.8 Å². The number of nitrogens with one attached hydrogen (secondary N) is 2. The number of carboxylic acid groups (broad SMARTS) is 1. The minimum absolute atomic E-state index is 0.266. The van der Waals surface area contributed by atoms with Gasteiger partial charge in [0, 0.05) is 6.20 Å². The number of hydrogen-bond donors (Lipinski definition) is 3. The average Bonchev–Trinajstić information content (AvgIpc) is 2.57. The fourth-order valence-corrected chi connectivity index (χ4v) is 2.73. The number of hydrogen-bond acceptors (Lipinski definition) is 5. The van der Waals surface area contributed by atoms with Crippen molar-refractivity contribution in [3.8, 4) is 0 Å². The maximum Gasteiger partial charge on any atom is 0.329 e. The summed E-state index contributed by atoms with van der Waals surface area (Å²) in [4.78, 5) is 29.2. The summed E-state index contributed by atoms with van der Waals surface area (Å²) < 4.78 is -0.532. The van der Waals surface area contributed by atoms with Crippen LogP contribution in [0, 0.1) is 0 Å². The fourth-order valence-electron chi connectivity index (χ4n) is 1.65. The third kappa shape index (κ3) is 2.40. The number of anilines is 1. The van der Waals surface area contributed by atoms with Gasteiger partial charge in [-0.05, 0) is 26.0 Å². The number of pyridine rings is 1. The molecule has 6 nitrogen and oxygen atoms in total. The number of nitrogens with zero attached hydrogens (tertiary/aromatic N) is 1. The molecule has 1 aliphatic rings. The highest BCUT2D eigenvalue weighted by molar-refractivity contribution is 8.15. The lowest BCUT2D eigenvalue weighted by atomic mass is 10.0. The van der Waals surface area contributed by atoms with Crippen molar-refractivity contribution < 1.29 is 9.90 Å². The van der Waals surface area contributed by atoms with Gasteiger partial charge in [0.05, 0.1) is 4.75 Å². The Balaban J connectivity index is 2.22. The van der Waals surface area contributed by atoms with E-state index in [-0.39, 0.29) is 5.56 Å². The molecule has 7 heteroatoms. The number of aliphatic carboxylic acids is 1. The molecule has 1 atom stereocenters. The zero-order chi connectivity index (χ0) is 13.3. The molecule has 1 aliphatic heterocycles. The number of amidine groups is 1. The van der Waals surface area contributed by atoms with Crippen molar-refractivity contribution in [3.63, 3.8) is 0 Å². The van der Waals surface area contributed by atoms with Gasteiger partial charge in [0.1, 0.15) is 5.69 Å². The quantitative estimate of drug-likeness (QED) is 0.746. The number of carboxylic acids is 1. The molecule has 0 aromatic carbocycles. The topological polar surface area (TPSA) is 94.5 Å². The van der Waals surface area contributed by atoms with Gasteiger partial charge >= 0.3 is 5.97 Å². The van der Waals surface area contributed by atoms with Gasteiger partial charge in [-0.25, -0.2) is 9.79 Å². The number of carbonyl (C=O) groups is 1. The van der Waals surface area contributed by atoms with E-state index in [1.807, 2.05) is 13.8 Å². The molecule has 0 aliphatic carbocycles. The zero-order valence-corrected chi connectivity index (χ0v) is 10.7. The van der Waals surface area contributed by atoms with E-state index in [2.05, 4.69) is 15.3 Å². The van der Waals surface area contributed by atoms with E-state index in [9.17, 15) is 9.59 Å². The van der Waals surface area contributed by atoms with Gasteiger partial charge in [0.2, 0.25) is 0 Å². The van der Waals surface area contributed by atoms with Gasteiger partial charge in [0.25, 0.3) is 5.56 Å². The minimum atomic E-state index is -0.966. The second kappa shape index (κ2) is 4.49. The Morgan fingerprint density at radius 2 is 2.33 bits per heavy atom. The summed E-state index contributed by atoms with van der Waals surface area (Å²) in [6, 6.07) is 2.49. The highest BCUT2D eigenvalue weighted by atomic mass is 32.2. The van der Waals surface area contributed by atoms with Gasteiger partial charge in [-0.2, -0.15) is 0 Å². The maximum atomic E-state index is 11.5. The normalized spacial score (nSPS) is 21.4. The SMILES string of the molecule is CC1(C)SC(Nc2ccc[nH]c2=O)=N[C@@H]1C(=O)O. The van der Waals surface area contributed by atoms with Crippen molar-refractivity contribution in [1.82, 2.24) is 4.98 Å². The Morgan fingerprint density at radius 1 is 1.61 bits per heavy atom. The first-order chi connectivity index (χ1) is 8.40. The molecular weight excluding hydrogens is 254 g/mol. The Bertz CT molecular complexity index is 565. The maximum absolute atomic E-state index is 11.5. The van der Waals surface area contributed by atoms with Gasteiger partial charge in [-0.15, -0.1) is 0 Å². The third-order valence-corrected chi connectivity index (χ3v) is 3.71. The first-order valence-electron chi connectivity index (χ1n) is 5.34. The molecule has 0 spiro atoms. The van der Waals surface area contributed by atoms with Crippen LogP contribution in [-0.2, 0) is 4.79 Å². The molecule has 1 aromatic rings. The van der Waals surface area contributed by atoms with E-state index in [0.29, 0.717) is 10.9 Å². The van der Waals surface area contributed by atoms with E-state index in [4.69, 9.17) is 5.11 Å². The van der Waals surface area contributed by atoms with E-state index in [1.165, 1.54) is 18.0 Å². The lowest BCUT2D eigenvalue weighted by molar-refractivity contribution is -0.138. The number of aliphatic imine (C=N–C) groups is 1. The Labute approximate surface area is 108 Å². The van der Waals surface area contributed by atoms with Crippen LogP contribution in [0.15, 0.2) is 28.1 Å². The van der Waals surface area contributed by atoms with E-state index in [1.54, 1.807) is 12.1 Å². The third-order valence-electron chi connectivity index (χ3n) is 2.56. The first kappa shape index (κ1) is 12.7. The van der Waals surface area contributed by atoms with Crippen LogP contribution in [0.2, 0.25) is 0 Å². The molecular formula is C11H13N3O3S. The second-order valence-corrected chi connectivity index (χ2v) is 6.06. The smallest absolute Gasteiger partial charge is 0.329 e. The second-order valence-electron chi connectivity index (χ2n) is 4.42. The standard InChI is InChI=1S/C11H13N3O3S/c1-11(2)7(9(16)17)14-10(18-11)13-6-4-3-5-12-8(6)15/h3-5,7H,1-2H3,(H,12,15)(H,13,14)(H,16,17)/t7-/m1/s1. The summed E-state index contributed by atoms with van der Waals surface area (Å²) in [5.74, 6) is -0.966. The highest BCUT2D eigenvalue weighted by Crippen LogP contribution is 2.37. The predicted molar refractivity (Wildman–Crippen MR) is 71.2 cm³/mol. The molecule has 0 saturated carbocycles. The van der Waals surface area contributed by atoms with Crippen LogP contribution in [0.25, 0.3) is 0 Å². The predicted octanol–water partition coefficient (Wildman–Crippen LogP) is 1.12. The van der Waals surface area contributed by atoms with Crippen molar-refractivity contribution in [2.24, 2.45) is 4.99 Å². The van der Waals surface area contributed by atoms with Crippen molar-refractivity contribution in [1.29, 1.82) is 0 Å². The average molecular weight is 267 g/mol. The van der Waals surface area contributed by atoms with Gasteiger partial charge in [-0.3, -0.25) is 4.79 Å². The Kier molecular flexibility index (Phi) is 3.16. The van der Waals surface area contributed by atoms with Crippen LogP contribution in [-0.4, -0.2) is 32.0 Å². The fraction of sp³-hybridized carbons (Fsp3) is 0.364. The summed E-state index contributed by atoms with van der Waals surface area (Å²) in [5, 5.41) is 12.4. The number of rotatable bonds is 2. The van der Waals surface area contributed by atoms with E-state index < -0.39 is 16.8 Å². The summed E-state index contributed by atoms with van der Waals surface area (Å²) in [6.45, 7) is 3.62. The molecule has 3 N–H and O–H groups in total. The van der Waals surface area contributed by atoms with Crippen LogP contribution in [0.4, 0.5) is 5.69 Å². The lowest BCUT2D eigenvalue weighted by Crippen LogP contribution is -2.34. The summed E-state index contributed by atoms with van der Waals surface area (Å²) >= 11 is 1.31. The minimum Gasteiger partial charge on any atom is -0.480 e. The van der Waals surface area contributed by atoms with E-state index in [0.717, 1.165) is 0 Å². The van der Waals surface area contributed by atoms with Gasteiger partial charge in [-0.1, -0.05) is 11.8 Å². The molecule has 0 fully saturated rings. The molecule has 0 unspecified atom stereocenters. The molecule has 18 heavy (non-hydrogen) atoms. The highest BCUT2D eigenvalue weighted by Gasteiger charge is 2.42. The number of aromatic amines is 1. The van der Waals surface area contributed by atoms with Crippen LogP contribution >= 0.6 is 11.8 Å². The summed E-state index contributed by atoms with van der Waals surface area (Å²) in [7, 11) is 0. The van der Waals surface area contributed by atoms with Gasteiger partial charge in [0.15, 0.2) is 11.2 Å². The summed E-state index contributed by atoms with van der Waals surface area (Å²) in [5.41, 5.74) is 0.0861. The largest absolute Gasteiger partial charge is 0.480 e. The van der Waals surface area contributed by atoms with Crippen molar-refractivity contribution >= 4 is 28.6 Å².